The maximum Gasteiger partial charge on any atom is 0.266 e. The minimum absolute atomic E-state index is 0.136. The van der Waals surface area contributed by atoms with Crippen molar-refractivity contribution >= 4 is 16.8 Å². The lowest BCUT2D eigenvalue weighted by atomic mass is 9.96. The monoisotopic (exact) mass is 489 g/mol. The molecule has 37 heavy (non-hydrogen) atoms. The van der Waals surface area contributed by atoms with Crippen LogP contribution in [0.15, 0.2) is 103 Å². The number of amides is 1. The van der Waals surface area contributed by atoms with Crippen LogP contribution in [0, 0.1) is 11.3 Å². The average Bonchev–Trinajstić information content (AvgIpc) is 3.37. The maximum atomic E-state index is 13.1. The highest BCUT2D eigenvalue weighted by molar-refractivity contribution is 5.97. The van der Waals surface area contributed by atoms with Crippen molar-refractivity contribution in [1.82, 2.24) is 20.1 Å². The number of piperazine rings is 1. The molecule has 0 aliphatic carbocycles. The lowest BCUT2D eigenvalue weighted by Gasteiger charge is -2.39. The van der Waals surface area contributed by atoms with Gasteiger partial charge in [0, 0.05) is 56.0 Å². The van der Waals surface area contributed by atoms with Crippen molar-refractivity contribution in [3.63, 3.8) is 0 Å². The van der Waals surface area contributed by atoms with Crippen LogP contribution in [0.5, 0.6) is 0 Å². The highest BCUT2D eigenvalue weighted by atomic mass is 16.2. The first-order chi connectivity index (χ1) is 18.2. The molecule has 1 aliphatic rings. The van der Waals surface area contributed by atoms with Crippen molar-refractivity contribution in [2.45, 2.75) is 12.5 Å². The topological polar surface area (TPSA) is 75.2 Å². The van der Waals surface area contributed by atoms with Gasteiger partial charge in [0.1, 0.15) is 11.6 Å². The molecule has 6 nitrogen and oxygen atoms in total. The molecule has 2 N–H and O–H groups in total. The number of rotatable bonds is 8. The predicted octanol–water partition coefficient (Wildman–Crippen LogP) is 4.64. The fraction of sp³-hybridized carbons (Fsp3) is 0.226. The van der Waals surface area contributed by atoms with Gasteiger partial charge in [-0.1, -0.05) is 78.9 Å². The SMILES string of the molecule is N#C/C(=C/NCCc1c[nH]c2ccccc12)C(=O)N1CCN(C(c2ccccc2)c2ccccc2)CC1. The molecule has 0 spiro atoms. The Kier molecular flexibility index (Phi) is 7.63. The Hall–Kier alpha value is -4.34. The first-order valence-electron chi connectivity index (χ1n) is 12.8. The summed E-state index contributed by atoms with van der Waals surface area (Å²) in [5.41, 5.74) is 4.96. The minimum Gasteiger partial charge on any atom is -0.389 e. The highest BCUT2D eigenvalue weighted by Crippen LogP contribution is 2.29. The lowest BCUT2D eigenvalue weighted by molar-refractivity contribution is -0.128. The predicted molar refractivity (Wildman–Crippen MR) is 147 cm³/mol. The van der Waals surface area contributed by atoms with Crippen molar-refractivity contribution in [1.29, 1.82) is 5.26 Å². The fourth-order valence-electron chi connectivity index (χ4n) is 5.10. The molecule has 5 rings (SSSR count). The number of carbonyl (C=O) groups excluding carboxylic acids is 1. The van der Waals surface area contributed by atoms with E-state index in [0.717, 1.165) is 25.0 Å². The van der Waals surface area contributed by atoms with Gasteiger partial charge in [0.25, 0.3) is 5.91 Å². The van der Waals surface area contributed by atoms with Gasteiger partial charge in [0.15, 0.2) is 0 Å². The van der Waals surface area contributed by atoms with E-state index in [0.29, 0.717) is 19.6 Å². The molecule has 3 aromatic carbocycles. The lowest BCUT2D eigenvalue weighted by Crippen LogP contribution is -2.50. The zero-order valence-electron chi connectivity index (χ0n) is 20.8. The van der Waals surface area contributed by atoms with E-state index < -0.39 is 0 Å². The van der Waals surface area contributed by atoms with Crippen LogP contribution in [0.4, 0.5) is 0 Å². The van der Waals surface area contributed by atoms with Gasteiger partial charge in [0.2, 0.25) is 0 Å². The highest BCUT2D eigenvalue weighted by Gasteiger charge is 2.29. The molecule has 0 unspecified atom stereocenters. The summed E-state index contributed by atoms with van der Waals surface area (Å²) in [5, 5.41) is 14.0. The van der Waals surface area contributed by atoms with Crippen molar-refractivity contribution < 1.29 is 4.79 Å². The number of hydrogen-bond donors (Lipinski definition) is 2. The van der Waals surface area contributed by atoms with Crippen LogP contribution in [-0.2, 0) is 11.2 Å². The molecule has 186 valence electrons. The third kappa shape index (κ3) is 5.58. The number of H-pyrrole nitrogens is 1. The van der Waals surface area contributed by atoms with Gasteiger partial charge in [-0.2, -0.15) is 5.26 Å². The van der Waals surface area contributed by atoms with E-state index in [2.05, 4.69) is 81.9 Å². The average molecular weight is 490 g/mol. The van der Waals surface area contributed by atoms with E-state index in [1.165, 1.54) is 22.1 Å². The molecule has 1 aromatic heterocycles. The Bertz CT molecular complexity index is 1360. The van der Waals surface area contributed by atoms with E-state index in [1.807, 2.05) is 30.5 Å². The van der Waals surface area contributed by atoms with Gasteiger partial charge in [-0.3, -0.25) is 9.69 Å². The van der Waals surface area contributed by atoms with Gasteiger partial charge in [-0.15, -0.1) is 0 Å². The van der Waals surface area contributed by atoms with E-state index >= 15 is 0 Å². The summed E-state index contributed by atoms with van der Waals surface area (Å²) in [4.78, 5) is 20.6. The molecular formula is C31H31N5O. The number of carbonyl (C=O) groups is 1. The molecule has 0 radical (unpaired) electrons. The smallest absolute Gasteiger partial charge is 0.266 e. The fourth-order valence-corrected chi connectivity index (χ4v) is 5.10. The van der Waals surface area contributed by atoms with Crippen LogP contribution in [0.1, 0.15) is 22.7 Å². The molecule has 4 aromatic rings. The first-order valence-corrected chi connectivity index (χ1v) is 12.8. The Labute approximate surface area is 217 Å². The van der Waals surface area contributed by atoms with Crippen LogP contribution >= 0.6 is 0 Å². The first kappa shape index (κ1) is 24.4. The minimum atomic E-state index is -0.210. The van der Waals surface area contributed by atoms with Crippen LogP contribution in [0.3, 0.4) is 0 Å². The molecule has 0 saturated carbocycles. The number of hydrogen-bond acceptors (Lipinski definition) is 4. The number of nitrogens with zero attached hydrogens (tertiary/aromatic N) is 3. The maximum absolute atomic E-state index is 13.1. The third-order valence-electron chi connectivity index (χ3n) is 7.01. The number of nitriles is 1. The number of aromatic nitrogens is 1. The molecule has 6 heteroatoms. The Morgan fingerprint density at radius 2 is 1.54 bits per heavy atom. The summed E-state index contributed by atoms with van der Waals surface area (Å²) >= 11 is 0. The molecule has 1 saturated heterocycles. The molecule has 1 amide bonds. The van der Waals surface area contributed by atoms with Crippen molar-refractivity contribution in [3.8, 4) is 6.07 Å². The van der Waals surface area contributed by atoms with Crippen LogP contribution in [-0.4, -0.2) is 53.4 Å². The number of para-hydroxylation sites is 1. The summed E-state index contributed by atoms with van der Waals surface area (Å²) in [6.07, 6.45) is 4.39. The molecule has 0 bridgehead atoms. The van der Waals surface area contributed by atoms with Gasteiger partial charge < -0.3 is 15.2 Å². The van der Waals surface area contributed by atoms with Crippen LogP contribution in [0.2, 0.25) is 0 Å². The largest absolute Gasteiger partial charge is 0.389 e. The van der Waals surface area contributed by atoms with E-state index in [4.69, 9.17) is 0 Å². The second-order valence-electron chi connectivity index (χ2n) is 9.29. The summed E-state index contributed by atoms with van der Waals surface area (Å²) < 4.78 is 0. The molecular weight excluding hydrogens is 458 g/mol. The zero-order chi connectivity index (χ0) is 25.5. The number of fused-ring (bicyclic) bond motifs is 1. The number of aromatic amines is 1. The zero-order valence-corrected chi connectivity index (χ0v) is 20.8. The van der Waals surface area contributed by atoms with Gasteiger partial charge in [0.05, 0.1) is 6.04 Å². The molecule has 2 heterocycles. The molecule has 1 fully saturated rings. The van der Waals surface area contributed by atoms with Crippen molar-refractivity contribution in [2.75, 3.05) is 32.7 Å². The van der Waals surface area contributed by atoms with Crippen molar-refractivity contribution in [3.05, 3.63) is 120 Å². The second kappa shape index (κ2) is 11.6. The quantitative estimate of drug-likeness (QED) is 0.215. The van der Waals surface area contributed by atoms with Crippen LogP contribution in [0.25, 0.3) is 10.9 Å². The Morgan fingerprint density at radius 3 is 2.19 bits per heavy atom. The Balaban J connectivity index is 1.19. The number of benzene rings is 3. The van der Waals surface area contributed by atoms with Gasteiger partial charge in [-0.05, 0) is 29.2 Å². The third-order valence-corrected chi connectivity index (χ3v) is 7.01. The van der Waals surface area contributed by atoms with Gasteiger partial charge >= 0.3 is 0 Å². The molecule has 0 atom stereocenters. The molecule has 1 aliphatic heterocycles. The summed E-state index contributed by atoms with van der Waals surface area (Å²) in [5.74, 6) is -0.210. The van der Waals surface area contributed by atoms with Gasteiger partial charge in [-0.25, -0.2) is 0 Å². The summed E-state index contributed by atoms with van der Waals surface area (Å²) in [7, 11) is 0. The van der Waals surface area contributed by atoms with Crippen LogP contribution < -0.4 is 5.32 Å². The van der Waals surface area contributed by atoms with E-state index in [9.17, 15) is 10.1 Å². The second-order valence-corrected chi connectivity index (χ2v) is 9.29. The Morgan fingerprint density at radius 1 is 0.919 bits per heavy atom. The summed E-state index contributed by atoms with van der Waals surface area (Å²) in [6.45, 7) is 3.30. The van der Waals surface area contributed by atoms with E-state index in [-0.39, 0.29) is 17.5 Å². The van der Waals surface area contributed by atoms with Crippen molar-refractivity contribution in [2.24, 2.45) is 0 Å². The summed E-state index contributed by atoms with van der Waals surface area (Å²) in [6, 6.07) is 31.4. The standard InChI is InChI=1S/C31H31N5O/c32-21-27(22-33-16-15-26-23-34-29-14-8-7-13-28(26)29)31(37)36-19-17-35(18-20-36)30(24-9-3-1-4-10-24)25-11-5-2-6-12-25/h1-14,22-23,30,33-34H,15-20H2/b27-22-. The normalized spacial score (nSPS) is 14.6. The number of nitrogens with one attached hydrogen (secondary N) is 2. The van der Waals surface area contributed by atoms with E-state index in [1.54, 1.807) is 11.1 Å².